The first-order valence-corrected chi connectivity index (χ1v) is 7.10. The number of unbranched alkanes of at least 4 members (excludes halogenated alkanes) is 1. The number of benzene rings is 2. The highest BCUT2D eigenvalue weighted by molar-refractivity contribution is 5.82. The quantitative estimate of drug-likeness (QED) is 0.614. The van der Waals surface area contributed by atoms with Crippen molar-refractivity contribution in [3.05, 3.63) is 60.8 Å². The van der Waals surface area contributed by atoms with Crippen LogP contribution in [0.1, 0.15) is 19.8 Å². The Morgan fingerprint density at radius 1 is 1.05 bits per heavy atom. The normalized spacial score (nSPS) is 10.8. The van der Waals surface area contributed by atoms with Gasteiger partial charge in [-0.15, -0.1) is 0 Å². The molecule has 0 aliphatic heterocycles. The molecule has 1 heterocycles. The molecule has 0 N–H and O–H groups in total. The van der Waals surface area contributed by atoms with E-state index in [0.717, 1.165) is 36.4 Å². The molecule has 0 spiro atoms. The predicted molar refractivity (Wildman–Crippen MR) is 82.5 cm³/mol. The molecule has 20 heavy (non-hydrogen) atoms. The van der Waals surface area contributed by atoms with Gasteiger partial charge in [0.05, 0.1) is 24.0 Å². The van der Waals surface area contributed by atoms with E-state index in [9.17, 15) is 0 Å². The molecule has 2 heteroatoms. The molecule has 0 unspecified atom stereocenters. The van der Waals surface area contributed by atoms with Crippen LogP contribution in [0.3, 0.4) is 0 Å². The summed E-state index contributed by atoms with van der Waals surface area (Å²) < 4.78 is 7.98. The van der Waals surface area contributed by atoms with Gasteiger partial charge in [-0.3, -0.25) is 0 Å². The van der Waals surface area contributed by atoms with E-state index in [4.69, 9.17) is 4.74 Å². The Balaban J connectivity index is 2.01. The summed E-state index contributed by atoms with van der Waals surface area (Å²) >= 11 is 0. The molecule has 0 saturated carbocycles. The van der Waals surface area contributed by atoms with E-state index < -0.39 is 0 Å². The average Bonchev–Trinajstić information content (AvgIpc) is 2.92. The number of hydrogen-bond acceptors (Lipinski definition) is 1. The van der Waals surface area contributed by atoms with Crippen molar-refractivity contribution in [3.63, 3.8) is 0 Å². The van der Waals surface area contributed by atoms with Gasteiger partial charge in [0, 0.05) is 5.39 Å². The maximum absolute atomic E-state index is 5.91. The van der Waals surface area contributed by atoms with Crippen LogP contribution in [-0.4, -0.2) is 11.2 Å². The molecule has 0 atom stereocenters. The first kappa shape index (κ1) is 12.8. The molecule has 0 aliphatic rings. The maximum Gasteiger partial charge on any atom is 0.143 e. The maximum atomic E-state index is 5.91. The molecule has 0 fully saturated rings. The van der Waals surface area contributed by atoms with Crippen molar-refractivity contribution < 1.29 is 4.74 Å². The number of ether oxygens (including phenoxy) is 1. The van der Waals surface area contributed by atoms with Crippen molar-refractivity contribution in [2.75, 3.05) is 6.61 Å². The Morgan fingerprint density at radius 2 is 1.85 bits per heavy atom. The lowest BCUT2D eigenvalue weighted by Gasteiger charge is -2.12. The van der Waals surface area contributed by atoms with Crippen molar-refractivity contribution >= 4 is 10.9 Å². The molecule has 101 valence electrons. The lowest BCUT2D eigenvalue weighted by atomic mass is 10.2. The Morgan fingerprint density at radius 3 is 2.75 bits per heavy atom. The number of hydrogen-bond donors (Lipinski definition) is 0. The van der Waals surface area contributed by atoms with Crippen LogP contribution in [-0.2, 0) is 0 Å². The third-order valence-corrected chi connectivity index (χ3v) is 3.39. The van der Waals surface area contributed by atoms with Gasteiger partial charge in [-0.05, 0) is 30.7 Å². The summed E-state index contributed by atoms with van der Waals surface area (Å²) in [5, 5.41) is 1.19. The zero-order chi connectivity index (χ0) is 13.8. The monoisotopic (exact) mass is 264 g/mol. The summed E-state index contributed by atoms with van der Waals surface area (Å²) in [5.41, 5.74) is 2.20. The summed E-state index contributed by atoms with van der Waals surface area (Å²) in [6, 6.07) is 18.5. The van der Waals surface area contributed by atoms with Crippen molar-refractivity contribution in [2.24, 2.45) is 0 Å². The molecule has 0 saturated heterocycles. The molecule has 2 aromatic carbocycles. The molecular weight excluding hydrogens is 246 g/mol. The topological polar surface area (TPSA) is 14.2 Å². The highest BCUT2D eigenvalue weighted by Gasteiger charge is 2.08. The molecule has 0 amide bonds. The van der Waals surface area contributed by atoms with Gasteiger partial charge in [0.15, 0.2) is 0 Å². The van der Waals surface area contributed by atoms with E-state index in [1.807, 2.05) is 36.4 Å². The highest BCUT2D eigenvalue weighted by atomic mass is 16.5. The SMILES string of the molecule is CCCCOc1ccccc1-n1[c]cc2ccccc21. The van der Waals surface area contributed by atoms with Gasteiger partial charge < -0.3 is 9.30 Å². The summed E-state index contributed by atoms with van der Waals surface area (Å²) in [6.07, 6.45) is 5.51. The Kier molecular flexibility index (Phi) is 3.73. The van der Waals surface area contributed by atoms with Crippen molar-refractivity contribution in [1.82, 2.24) is 4.57 Å². The van der Waals surface area contributed by atoms with Gasteiger partial charge in [-0.2, -0.15) is 0 Å². The predicted octanol–water partition coefficient (Wildman–Crippen LogP) is 4.61. The Labute approximate surface area is 119 Å². The molecule has 3 aromatic rings. The molecule has 0 bridgehead atoms. The standard InChI is InChI=1S/C18H18NO/c1-2-3-14-20-18-11-7-6-10-17(18)19-13-12-15-8-4-5-9-16(15)19/h4-12H,2-3,14H2,1H3. The van der Waals surface area contributed by atoms with Gasteiger partial charge in [0.2, 0.25) is 0 Å². The molecule has 3 rings (SSSR count). The van der Waals surface area contributed by atoms with E-state index in [0.29, 0.717) is 0 Å². The lowest BCUT2D eigenvalue weighted by molar-refractivity contribution is 0.308. The minimum atomic E-state index is 0.757. The lowest BCUT2D eigenvalue weighted by Crippen LogP contribution is -2.01. The minimum absolute atomic E-state index is 0.757. The van der Waals surface area contributed by atoms with Crippen LogP contribution >= 0.6 is 0 Å². The zero-order valence-electron chi connectivity index (χ0n) is 11.7. The number of aromatic nitrogens is 1. The fourth-order valence-corrected chi connectivity index (χ4v) is 2.31. The third kappa shape index (κ3) is 2.42. The van der Waals surface area contributed by atoms with Crippen LogP contribution in [0.2, 0.25) is 0 Å². The van der Waals surface area contributed by atoms with E-state index in [2.05, 4.69) is 35.9 Å². The zero-order valence-corrected chi connectivity index (χ0v) is 11.7. The molecule has 1 aromatic heterocycles. The van der Waals surface area contributed by atoms with Crippen molar-refractivity contribution in [1.29, 1.82) is 0 Å². The van der Waals surface area contributed by atoms with Crippen LogP contribution in [0.15, 0.2) is 54.6 Å². The number of rotatable bonds is 5. The summed E-state index contributed by atoms with van der Waals surface area (Å²) in [4.78, 5) is 0. The summed E-state index contributed by atoms with van der Waals surface area (Å²) in [5.74, 6) is 0.915. The first-order valence-electron chi connectivity index (χ1n) is 7.10. The molecule has 1 radical (unpaired) electrons. The largest absolute Gasteiger partial charge is 0.491 e. The molecule has 2 nitrogen and oxygen atoms in total. The number of fused-ring (bicyclic) bond motifs is 1. The summed E-state index contributed by atoms with van der Waals surface area (Å²) in [6.45, 7) is 2.93. The third-order valence-electron chi connectivity index (χ3n) is 3.39. The second kappa shape index (κ2) is 5.83. The second-order valence-corrected chi connectivity index (χ2v) is 4.84. The van der Waals surface area contributed by atoms with E-state index in [1.165, 1.54) is 5.39 Å². The number of nitrogens with zero attached hydrogens (tertiary/aromatic N) is 1. The van der Waals surface area contributed by atoms with Crippen LogP contribution < -0.4 is 4.74 Å². The van der Waals surface area contributed by atoms with Crippen LogP contribution in [0.5, 0.6) is 5.75 Å². The second-order valence-electron chi connectivity index (χ2n) is 4.84. The van der Waals surface area contributed by atoms with Gasteiger partial charge in [0.25, 0.3) is 0 Å². The van der Waals surface area contributed by atoms with Gasteiger partial charge in [-0.1, -0.05) is 43.7 Å². The minimum Gasteiger partial charge on any atom is -0.491 e. The van der Waals surface area contributed by atoms with Crippen LogP contribution in [0.4, 0.5) is 0 Å². The average molecular weight is 264 g/mol. The van der Waals surface area contributed by atoms with Crippen LogP contribution in [0, 0.1) is 6.20 Å². The van der Waals surface area contributed by atoms with E-state index in [1.54, 1.807) is 0 Å². The van der Waals surface area contributed by atoms with Gasteiger partial charge >= 0.3 is 0 Å². The fourth-order valence-electron chi connectivity index (χ4n) is 2.31. The molecular formula is C18H18NO. The van der Waals surface area contributed by atoms with Gasteiger partial charge in [0.1, 0.15) is 5.75 Å². The van der Waals surface area contributed by atoms with Crippen LogP contribution in [0.25, 0.3) is 16.6 Å². The van der Waals surface area contributed by atoms with E-state index in [-0.39, 0.29) is 0 Å². The van der Waals surface area contributed by atoms with Crippen molar-refractivity contribution in [3.8, 4) is 11.4 Å². The van der Waals surface area contributed by atoms with Crippen molar-refractivity contribution in [2.45, 2.75) is 19.8 Å². The first-order chi connectivity index (χ1) is 9.90. The fraction of sp³-hybridized carbons (Fsp3) is 0.222. The summed E-state index contributed by atoms with van der Waals surface area (Å²) in [7, 11) is 0. The van der Waals surface area contributed by atoms with Gasteiger partial charge in [-0.25, -0.2) is 0 Å². The molecule has 0 aliphatic carbocycles. The highest BCUT2D eigenvalue weighted by Crippen LogP contribution is 2.27. The smallest absolute Gasteiger partial charge is 0.143 e. The van der Waals surface area contributed by atoms with E-state index >= 15 is 0 Å². The Bertz CT molecular complexity index is 699. The number of para-hydroxylation sites is 3. The Hall–Kier alpha value is -2.22.